The number of carbonyl (C=O) groups is 4. The number of anilines is 1. The van der Waals surface area contributed by atoms with E-state index in [0.717, 1.165) is 10.5 Å². The number of benzene rings is 2. The zero-order chi connectivity index (χ0) is 24.9. The lowest BCUT2D eigenvalue weighted by Gasteiger charge is -2.16. The number of nitrogens with zero attached hydrogens (tertiary/aromatic N) is 4. The monoisotopic (exact) mass is 470 g/mol. The molecule has 174 valence electrons. The molecule has 2 aromatic carbocycles. The molecule has 10 nitrogen and oxygen atoms in total. The molecule has 1 aliphatic heterocycles. The Kier molecular flexibility index (Phi) is 5.13. The van der Waals surface area contributed by atoms with Gasteiger partial charge in [0.05, 0.1) is 47.5 Å². The van der Waals surface area contributed by atoms with Gasteiger partial charge in [-0.2, -0.15) is 5.10 Å². The van der Waals surface area contributed by atoms with Crippen LogP contribution in [0.25, 0.3) is 22.3 Å². The maximum Gasteiger partial charge on any atom is 0.337 e. The number of hydrogen-bond acceptors (Lipinski definition) is 8. The fourth-order valence-electron chi connectivity index (χ4n) is 4.17. The summed E-state index contributed by atoms with van der Waals surface area (Å²) in [7, 11) is 4.07. The molecule has 0 bridgehead atoms. The zero-order valence-electron chi connectivity index (χ0n) is 18.9. The van der Waals surface area contributed by atoms with Crippen molar-refractivity contribution >= 4 is 40.5 Å². The van der Waals surface area contributed by atoms with Gasteiger partial charge in [-0.05, 0) is 18.2 Å². The second-order valence-corrected chi connectivity index (χ2v) is 7.78. The number of amides is 2. The third kappa shape index (κ3) is 3.34. The standard InChI is InChI=1S/C25H18N4O6/c1-28-21-19(20(27-28)13-7-5-4-6-8-13)18-17(12-26-21)22(30)29(23(18)31)16-10-14(24(32)34-2)9-15(11-16)25(33)35-3/h4-12H,1-3H3. The minimum Gasteiger partial charge on any atom is -0.465 e. The topological polar surface area (TPSA) is 121 Å². The molecule has 10 heteroatoms. The summed E-state index contributed by atoms with van der Waals surface area (Å²) < 4.78 is 11.1. The molecule has 0 unspecified atom stereocenters. The lowest BCUT2D eigenvalue weighted by atomic mass is 10.0. The Labute approximate surface area is 198 Å². The number of imide groups is 1. The molecule has 0 spiro atoms. The Morgan fingerprint density at radius 2 is 1.51 bits per heavy atom. The number of aryl methyl sites for hydroxylation is 1. The highest BCUT2D eigenvalue weighted by Crippen LogP contribution is 2.37. The molecule has 0 radical (unpaired) electrons. The quantitative estimate of drug-likeness (QED) is 0.330. The molecule has 35 heavy (non-hydrogen) atoms. The maximum atomic E-state index is 13.7. The summed E-state index contributed by atoms with van der Waals surface area (Å²) in [5.41, 5.74) is 1.93. The zero-order valence-corrected chi connectivity index (χ0v) is 18.9. The van der Waals surface area contributed by atoms with Gasteiger partial charge in [0.25, 0.3) is 11.8 Å². The predicted octanol–water partition coefficient (Wildman–Crippen LogP) is 3.01. The molecule has 4 aromatic rings. The summed E-state index contributed by atoms with van der Waals surface area (Å²) in [5.74, 6) is -2.74. The number of carbonyl (C=O) groups excluding carboxylic acids is 4. The van der Waals surface area contributed by atoms with Gasteiger partial charge in [-0.3, -0.25) is 9.59 Å². The second-order valence-electron chi connectivity index (χ2n) is 7.78. The van der Waals surface area contributed by atoms with Crippen molar-refractivity contribution in [2.45, 2.75) is 0 Å². The van der Waals surface area contributed by atoms with E-state index in [-0.39, 0.29) is 27.9 Å². The van der Waals surface area contributed by atoms with Gasteiger partial charge < -0.3 is 9.47 Å². The Morgan fingerprint density at radius 3 is 2.11 bits per heavy atom. The Bertz CT molecular complexity index is 1520. The minimum absolute atomic E-state index is 0.0171. The number of aromatic nitrogens is 3. The van der Waals surface area contributed by atoms with Gasteiger partial charge in [0.2, 0.25) is 0 Å². The average molecular weight is 470 g/mol. The van der Waals surface area contributed by atoms with Crippen LogP contribution in [0, 0.1) is 0 Å². The first-order chi connectivity index (χ1) is 16.8. The fourth-order valence-corrected chi connectivity index (χ4v) is 4.17. The van der Waals surface area contributed by atoms with Crippen LogP contribution < -0.4 is 4.90 Å². The van der Waals surface area contributed by atoms with E-state index in [1.54, 1.807) is 11.7 Å². The summed E-state index contributed by atoms with van der Waals surface area (Å²) in [6.07, 6.45) is 1.33. The van der Waals surface area contributed by atoms with Crippen molar-refractivity contribution in [2.75, 3.05) is 19.1 Å². The van der Waals surface area contributed by atoms with Gasteiger partial charge in [0.15, 0.2) is 5.65 Å². The van der Waals surface area contributed by atoms with Crippen LogP contribution in [0.2, 0.25) is 0 Å². The third-order valence-corrected chi connectivity index (χ3v) is 5.77. The van der Waals surface area contributed by atoms with Crippen molar-refractivity contribution < 1.29 is 28.7 Å². The van der Waals surface area contributed by atoms with Crippen molar-refractivity contribution in [2.24, 2.45) is 7.05 Å². The van der Waals surface area contributed by atoms with E-state index in [2.05, 4.69) is 10.1 Å². The first-order valence-electron chi connectivity index (χ1n) is 10.5. The number of rotatable bonds is 4. The van der Waals surface area contributed by atoms with Crippen molar-refractivity contribution in [3.63, 3.8) is 0 Å². The van der Waals surface area contributed by atoms with Crippen LogP contribution in [0.15, 0.2) is 54.7 Å². The molecule has 0 saturated carbocycles. The van der Waals surface area contributed by atoms with Gasteiger partial charge in [0, 0.05) is 18.8 Å². The molecule has 0 N–H and O–H groups in total. The summed E-state index contributed by atoms with van der Waals surface area (Å²) >= 11 is 0. The summed E-state index contributed by atoms with van der Waals surface area (Å²) in [4.78, 5) is 56.9. The third-order valence-electron chi connectivity index (χ3n) is 5.77. The summed E-state index contributed by atoms with van der Waals surface area (Å²) in [6.45, 7) is 0. The molecule has 3 heterocycles. The van der Waals surface area contributed by atoms with Crippen molar-refractivity contribution in [3.05, 3.63) is 77.0 Å². The number of pyridine rings is 1. The highest BCUT2D eigenvalue weighted by atomic mass is 16.5. The minimum atomic E-state index is -0.740. The highest BCUT2D eigenvalue weighted by molar-refractivity contribution is 6.38. The fraction of sp³-hybridized carbons (Fsp3) is 0.120. The molecule has 0 saturated heterocycles. The van der Waals surface area contributed by atoms with Gasteiger partial charge in [-0.1, -0.05) is 30.3 Å². The molecule has 2 aromatic heterocycles. The van der Waals surface area contributed by atoms with Crippen molar-refractivity contribution in [1.29, 1.82) is 0 Å². The van der Waals surface area contributed by atoms with Crippen LogP contribution in [-0.4, -0.2) is 52.7 Å². The average Bonchev–Trinajstić information content (AvgIpc) is 3.36. The van der Waals surface area contributed by atoms with E-state index in [9.17, 15) is 19.2 Å². The van der Waals surface area contributed by atoms with E-state index in [0.29, 0.717) is 16.7 Å². The van der Waals surface area contributed by atoms with Gasteiger partial charge in [0.1, 0.15) is 5.69 Å². The van der Waals surface area contributed by atoms with Crippen LogP contribution in [0.1, 0.15) is 41.4 Å². The number of esters is 2. The smallest absolute Gasteiger partial charge is 0.337 e. The van der Waals surface area contributed by atoms with Gasteiger partial charge in [-0.15, -0.1) is 0 Å². The number of fused-ring (bicyclic) bond motifs is 3. The van der Waals surface area contributed by atoms with E-state index in [1.165, 1.54) is 38.6 Å². The molecular formula is C25H18N4O6. The van der Waals surface area contributed by atoms with E-state index in [1.807, 2.05) is 30.3 Å². The Morgan fingerprint density at radius 1 is 0.886 bits per heavy atom. The number of ether oxygens (including phenoxy) is 2. The summed E-state index contributed by atoms with van der Waals surface area (Å²) in [5, 5.41) is 4.98. The van der Waals surface area contributed by atoms with Crippen LogP contribution in [-0.2, 0) is 16.5 Å². The summed E-state index contributed by atoms with van der Waals surface area (Å²) in [6, 6.07) is 13.1. The highest BCUT2D eigenvalue weighted by Gasteiger charge is 2.41. The van der Waals surface area contributed by atoms with Crippen molar-refractivity contribution in [3.8, 4) is 11.3 Å². The number of hydrogen-bond donors (Lipinski definition) is 0. The predicted molar refractivity (Wildman–Crippen MR) is 124 cm³/mol. The SMILES string of the molecule is COC(=O)c1cc(C(=O)OC)cc(N2C(=O)c3cnc4c(c(-c5ccccc5)nn4C)c3C2=O)c1. The molecule has 0 aliphatic carbocycles. The van der Waals surface area contributed by atoms with Crippen LogP contribution >= 0.6 is 0 Å². The van der Waals surface area contributed by atoms with Gasteiger partial charge >= 0.3 is 11.9 Å². The lowest BCUT2D eigenvalue weighted by Crippen LogP contribution is -2.30. The Hall–Kier alpha value is -4.86. The molecular weight excluding hydrogens is 452 g/mol. The van der Waals surface area contributed by atoms with Crippen LogP contribution in [0.3, 0.4) is 0 Å². The van der Waals surface area contributed by atoms with Crippen LogP contribution in [0.4, 0.5) is 5.69 Å². The van der Waals surface area contributed by atoms with Crippen molar-refractivity contribution in [1.82, 2.24) is 14.8 Å². The second kappa shape index (κ2) is 8.17. The van der Waals surface area contributed by atoms with Gasteiger partial charge in [-0.25, -0.2) is 24.2 Å². The lowest BCUT2D eigenvalue weighted by molar-refractivity contribution is 0.0598. The first-order valence-corrected chi connectivity index (χ1v) is 10.5. The molecule has 5 rings (SSSR count). The van der Waals surface area contributed by atoms with E-state index < -0.39 is 23.8 Å². The number of methoxy groups -OCH3 is 2. The van der Waals surface area contributed by atoms with E-state index >= 15 is 0 Å². The molecule has 1 aliphatic rings. The van der Waals surface area contributed by atoms with E-state index in [4.69, 9.17) is 9.47 Å². The first kappa shape index (κ1) is 22.0. The maximum absolute atomic E-state index is 13.7. The largest absolute Gasteiger partial charge is 0.465 e. The molecule has 0 fully saturated rings. The molecule has 2 amide bonds. The van der Waals surface area contributed by atoms with Crippen LogP contribution in [0.5, 0.6) is 0 Å². The Balaban J connectivity index is 1.72. The molecule has 0 atom stereocenters. The normalized spacial score (nSPS) is 12.7.